The van der Waals surface area contributed by atoms with Gasteiger partial charge in [-0.3, -0.25) is 9.59 Å². The molecule has 1 fully saturated rings. The molecule has 2 aromatic heterocycles. The lowest BCUT2D eigenvalue weighted by Gasteiger charge is -2.23. The van der Waals surface area contributed by atoms with Crippen LogP contribution in [0.4, 0.5) is 5.69 Å². The van der Waals surface area contributed by atoms with E-state index < -0.39 is 6.04 Å². The first-order valence-electron chi connectivity index (χ1n) is 10.3. The zero-order valence-corrected chi connectivity index (χ0v) is 18.4. The van der Waals surface area contributed by atoms with E-state index in [1.807, 2.05) is 60.0 Å². The van der Waals surface area contributed by atoms with E-state index in [9.17, 15) is 9.59 Å². The van der Waals surface area contributed by atoms with Gasteiger partial charge in [-0.25, -0.2) is 4.98 Å². The van der Waals surface area contributed by atoms with E-state index in [2.05, 4.69) is 16.4 Å². The van der Waals surface area contributed by atoms with Gasteiger partial charge in [-0.05, 0) is 54.1 Å². The number of hydrogen-bond acceptors (Lipinski definition) is 5. The number of nitrogens with one attached hydrogen (secondary N) is 1. The van der Waals surface area contributed by atoms with E-state index in [-0.39, 0.29) is 11.8 Å². The van der Waals surface area contributed by atoms with Gasteiger partial charge < -0.3 is 10.2 Å². The topological polar surface area (TPSA) is 62.3 Å². The van der Waals surface area contributed by atoms with Gasteiger partial charge in [0.1, 0.15) is 6.04 Å². The van der Waals surface area contributed by atoms with Crippen molar-refractivity contribution in [3.63, 3.8) is 0 Å². The second-order valence-corrected chi connectivity index (χ2v) is 9.64. The largest absolute Gasteiger partial charge is 0.326 e. The molecule has 1 atom stereocenters. The SMILES string of the molecule is O=C(Nc1ccc(Cc2nc3ccccc3s2)cc1)C1CCCN1C(=O)c1cccs1. The van der Waals surface area contributed by atoms with Crippen LogP contribution in [0.2, 0.25) is 0 Å². The highest BCUT2D eigenvalue weighted by molar-refractivity contribution is 7.18. The summed E-state index contributed by atoms with van der Waals surface area (Å²) in [5, 5.41) is 5.94. The van der Waals surface area contributed by atoms with Crippen LogP contribution >= 0.6 is 22.7 Å². The number of anilines is 1. The van der Waals surface area contributed by atoms with Gasteiger partial charge in [0.25, 0.3) is 5.91 Å². The monoisotopic (exact) mass is 447 g/mol. The van der Waals surface area contributed by atoms with Gasteiger partial charge in [-0.15, -0.1) is 22.7 Å². The van der Waals surface area contributed by atoms with E-state index in [4.69, 9.17) is 0 Å². The van der Waals surface area contributed by atoms with Gasteiger partial charge in [0.2, 0.25) is 5.91 Å². The number of likely N-dealkylation sites (tertiary alicyclic amines) is 1. The van der Waals surface area contributed by atoms with Crippen LogP contribution in [-0.2, 0) is 11.2 Å². The summed E-state index contributed by atoms with van der Waals surface area (Å²) < 4.78 is 1.19. The number of carbonyl (C=O) groups excluding carboxylic acids is 2. The van der Waals surface area contributed by atoms with Gasteiger partial charge in [-0.1, -0.05) is 30.3 Å². The van der Waals surface area contributed by atoms with Gasteiger partial charge in [0.05, 0.1) is 20.1 Å². The Labute approximate surface area is 188 Å². The lowest BCUT2D eigenvalue weighted by molar-refractivity contribution is -0.119. The Morgan fingerprint density at radius 1 is 1.06 bits per heavy atom. The van der Waals surface area contributed by atoms with Crippen molar-refractivity contribution in [3.05, 3.63) is 81.5 Å². The van der Waals surface area contributed by atoms with Crippen molar-refractivity contribution in [1.29, 1.82) is 0 Å². The molecule has 1 aliphatic rings. The fraction of sp³-hybridized carbons (Fsp3) is 0.208. The molecule has 156 valence electrons. The predicted octanol–water partition coefficient (Wildman–Crippen LogP) is 5.19. The smallest absolute Gasteiger partial charge is 0.264 e. The Kier molecular flexibility index (Phi) is 5.53. The number of carbonyl (C=O) groups is 2. The van der Waals surface area contributed by atoms with Gasteiger partial charge in [0.15, 0.2) is 0 Å². The lowest BCUT2D eigenvalue weighted by atomic mass is 10.1. The third-order valence-corrected chi connectivity index (χ3v) is 7.36. The number of rotatable bonds is 5. The van der Waals surface area contributed by atoms with Crippen molar-refractivity contribution < 1.29 is 9.59 Å². The molecule has 5 nitrogen and oxygen atoms in total. The first-order chi connectivity index (χ1) is 15.2. The molecular weight excluding hydrogens is 426 g/mol. The molecule has 0 spiro atoms. The maximum Gasteiger partial charge on any atom is 0.264 e. The van der Waals surface area contributed by atoms with Crippen LogP contribution in [0.1, 0.15) is 33.1 Å². The summed E-state index contributed by atoms with van der Waals surface area (Å²) in [6, 6.07) is 19.3. The number of benzene rings is 2. The zero-order chi connectivity index (χ0) is 21.2. The van der Waals surface area contributed by atoms with Crippen molar-refractivity contribution in [2.75, 3.05) is 11.9 Å². The quantitative estimate of drug-likeness (QED) is 0.458. The van der Waals surface area contributed by atoms with Crippen LogP contribution in [-0.4, -0.2) is 34.3 Å². The average Bonchev–Trinajstić information content (AvgIpc) is 3.54. The fourth-order valence-electron chi connectivity index (χ4n) is 3.93. The van der Waals surface area contributed by atoms with Crippen LogP contribution < -0.4 is 5.32 Å². The number of thiazole rings is 1. The molecule has 2 amide bonds. The van der Waals surface area contributed by atoms with Crippen molar-refractivity contribution in [3.8, 4) is 0 Å². The van der Waals surface area contributed by atoms with E-state index >= 15 is 0 Å². The van der Waals surface area contributed by atoms with Crippen LogP contribution in [0.5, 0.6) is 0 Å². The second-order valence-electron chi connectivity index (χ2n) is 7.57. The predicted molar refractivity (Wildman–Crippen MR) is 126 cm³/mol. The highest BCUT2D eigenvalue weighted by atomic mass is 32.1. The molecule has 4 aromatic rings. The zero-order valence-electron chi connectivity index (χ0n) is 16.8. The van der Waals surface area contributed by atoms with Crippen LogP contribution in [0, 0.1) is 0 Å². The summed E-state index contributed by atoms with van der Waals surface area (Å²) in [5.74, 6) is -0.180. The summed E-state index contributed by atoms with van der Waals surface area (Å²) in [6.07, 6.45) is 2.30. The molecule has 1 saturated heterocycles. The Morgan fingerprint density at radius 3 is 2.68 bits per heavy atom. The first-order valence-corrected chi connectivity index (χ1v) is 12.0. The molecule has 5 rings (SSSR count). The average molecular weight is 448 g/mol. The molecule has 0 radical (unpaired) electrons. The van der Waals surface area contributed by atoms with Gasteiger partial charge >= 0.3 is 0 Å². The number of nitrogens with zero attached hydrogens (tertiary/aromatic N) is 2. The third kappa shape index (κ3) is 4.24. The lowest BCUT2D eigenvalue weighted by Crippen LogP contribution is -2.42. The summed E-state index contributed by atoms with van der Waals surface area (Å²) in [7, 11) is 0. The number of hydrogen-bond donors (Lipinski definition) is 1. The maximum absolute atomic E-state index is 12.9. The third-order valence-electron chi connectivity index (χ3n) is 5.46. The molecule has 1 unspecified atom stereocenters. The molecule has 1 N–H and O–H groups in total. The van der Waals surface area contributed by atoms with E-state index in [0.29, 0.717) is 17.8 Å². The molecule has 3 heterocycles. The number of fused-ring (bicyclic) bond motifs is 1. The Morgan fingerprint density at radius 2 is 1.90 bits per heavy atom. The number of aromatic nitrogens is 1. The highest BCUT2D eigenvalue weighted by Gasteiger charge is 2.34. The van der Waals surface area contributed by atoms with Gasteiger partial charge in [0, 0.05) is 18.7 Å². The van der Waals surface area contributed by atoms with Crippen LogP contribution in [0.15, 0.2) is 66.0 Å². The molecule has 2 aromatic carbocycles. The second kappa shape index (κ2) is 8.61. The van der Waals surface area contributed by atoms with Gasteiger partial charge in [-0.2, -0.15) is 0 Å². The molecule has 1 aliphatic heterocycles. The van der Waals surface area contributed by atoms with E-state index in [1.54, 1.807) is 16.2 Å². The minimum Gasteiger partial charge on any atom is -0.326 e. The molecule has 31 heavy (non-hydrogen) atoms. The first kappa shape index (κ1) is 19.9. The molecule has 0 aliphatic carbocycles. The normalized spacial score (nSPS) is 16.0. The molecule has 0 saturated carbocycles. The Hall–Kier alpha value is -3.03. The van der Waals surface area contributed by atoms with E-state index in [0.717, 1.165) is 34.6 Å². The summed E-state index contributed by atoms with van der Waals surface area (Å²) in [6.45, 7) is 0.621. The van der Waals surface area contributed by atoms with Crippen molar-refractivity contribution in [2.45, 2.75) is 25.3 Å². The summed E-state index contributed by atoms with van der Waals surface area (Å²) in [5.41, 5.74) is 2.92. The molecule has 7 heteroatoms. The fourth-order valence-corrected chi connectivity index (χ4v) is 5.61. The maximum atomic E-state index is 12.9. The number of para-hydroxylation sites is 1. The highest BCUT2D eigenvalue weighted by Crippen LogP contribution is 2.25. The number of thiophene rings is 1. The summed E-state index contributed by atoms with van der Waals surface area (Å²) >= 11 is 3.12. The van der Waals surface area contributed by atoms with Crippen LogP contribution in [0.25, 0.3) is 10.2 Å². The molecule has 0 bridgehead atoms. The van der Waals surface area contributed by atoms with Crippen molar-refractivity contribution >= 4 is 50.4 Å². The minimum absolute atomic E-state index is 0.0566. The Bertz CT molecular complexity index is 1180. The Balaban J connectivity index is 1.23. The van der Waals surface area contributed by atoms with Crippen molar-refractivity contribution in [1.82, 2.24) is 9.88 Å². The standard InChI is InChI=1S/C24H21N3O2S2/c28-23(19-6-3-13-27(19)24(29)21-8-4-14-30-21)25-17-11-9-16(10-12-17)15-22-26-18-5-1-2-7-20(18)31-22/h1-2,4-5,7-12,14,19H,3,6,13,15H2,(H,25,28). The van der Waals surface area contributed by atoms with E-state index in [1.165, 1.54) is 16.0 Å². The minimum atomic E-state index is -0.419. The number of amides is 2. The summed E-state index contributed by atoms with van der Waals surface area (Å²) in [4.78, 5) is 32.6. The van der Waals surface area contributed by atoms with Crippen molar-refractivity contribution in [2.24, 2.45) is 0 Å². The van der Waals surface area contributed by atoms with Crippen LogP contribution in [0.3, 0.4) is 0 Å². The molecular formula is C24H21N3O2S2.